The minimum absolute atomic E-state index is 0.0403. The zero-order valence-corrected chi connectivity index (χ0v) is 18.1. The molecule has 0 saturated heterocycles. The van der Waals surface area contributed by atoms with Gasteiger partial charge in [-0.25, -0.2) is 0 Å². The van der Waals surface area contributed by atoms with E-state index >= 15 is 0 Å². The lowest BCUT2D eigenvalue weighted by molar-refractivity contribution is -0.119. The van der Waals surface area contributed by atoms with Crippen molar-refractivity contribution in [1.29, 1.82) is 0 Å². The molecule has 160 valence electrons. The Balaban J connectivity index is 1.44. The largest absolute Gasteiger partial charge is 0.354 e. The van der Waals surface area contributed by atoms with Crippen LogP contribution in [0.25, 0.3) is 0 Å². The Morgan fingerprint density at radius 2 is 1.90 bits per heavy atom. The van der Waals surface area contributed by atoms with Crippen LogP contribution in [0.1, 0.15) is 66.1 Å². The predicted molar refractivity (Wildman–Crippen MR) is 117 cm³/mol. The summed E-state index contributed by atoms with van der Waals surface area (Å²) >= 11 is 5.65. The van der Waals surface area contributed by atoms with Crippen LogP contribution in [0.4, 0.5) is 0 Å². The van der Waals surface area contributed by atoms with Crippen molar-refractivity contribution in [2.75, 3.05) is 12.4 Å². The summed E-state index contributed by atoms with van der Waals surface area (Å²) in [6, 6.07) is 10.3. The smallest absolute Gasteiger partial charge is 0.254 e. The van der Waals surface area contributed by atoms with Crippen LogP contribution in [-0.2, 0) is 17.3 Å². The van der Waals surface area contributed by atoms with Crippen molar-refractivity contribution in [3.63, 3.8) is 0 Å². The van der Waals surface area contributed by atoms with Crippen molar-refractivity contribution in [2.45, 2.75) is 55.9 Å². The summed E-state index contributed by atoms with van der Waals surface area (Å²) in [7, 11) is 1.87. The second kappa shape index (κ2) is 8.80. The first-order valence-corrected chi connectivity index (χ1v) is 11.3. The van der Waals surface area contributed by atoms with Gasteiger partial charge in [0.1, 0.15) is 5.88 Å². The highest BCUT2D eigenvalue weighted by Crippen LogP contribution is 2.44. The molecule has 0 unspecified atom stereocenters. The number of halogens is 1. The third-order valence-electron chi connectivity index (χ3n) is 6.58. The van der Waals surface area contributed by atoms with Crippen molar-refractivity contribution in [3.05, 3.63) is 53.3 Å². The zero-order chi connectivity index (χ0) is 21.1. The summed E-state index contributed by atoms with van der Waals surface area (Å²) in [6.07, 6.45) is 8.04. The van der Waals surface area contributed by atoms with E-state index < -0.39 is 0 Å². The maximum atomic E-state index is 13.0. The summed E-state index contributed by atoms with van der Waals surface area (Å²) in [4.78, 5) is 24.8. The van der Waals surface area contributed by atoms with Gasteiger partial charge in [0, 0.05) is 37.2 Å². The first kappa shape index (κ1) is 20.9. The molecule has 1 heterocycles. The van der Waals surface area contributed by atoms with Crippen LogP contribution in [0.2, 0.25) is 0 Å². The minimum atomic E-state index is -0.176. The number of amides is 2. The molecule has 0 atom stereocenters. The standard InChI is InChI=1S/C23H29ClN4O2/c1-28-14-19(21(27-28)16-7-5-6-8-16)22(30)26-18-11-23(12-18,15-25-20(29)13-24)17-9-3-2-4-10-17/h2-4,9-10,14,16,18H,5-8,11-13,15H2,1H3,(H,25,29)(H,26,30). The average Bonchev–Trinajstić information content (AvgIpc) is 3.39. The summed E-state index contributed by atoms with van der Waals surface area (Å²) < 4.78 is 1.75. The highest BCUT2D eigenvalue weighted by molar-refractivity contribution is 6.27. The Morgan fingerprint density at radius 1 is 1.20 bits per heavy atom. The van der Waals surface area contributed by atoms with Crippen LogP contribution in [0.5, 0.6) is 0 Å². The van der Waals surface area contributed by atoms with E-state index in [1.54, 1.807) is 4.68 Å². The first-order chi connectivity index (χ1) is 14.5. The molecule has 1 aromatic carbocycles. The number of nitrogens with zero attached hydrogens (tertiary/aromatic N) is 2. The molecule has 4 rings (SSSR count). The normalized spacial score (nSPS) is 23.7. The monoisotopic (exact) mass is 428 g/mol. The molecule has 0 bridgehead atoms. The number of hydrogen-bond donors (Lipinski definition) is 2. The summed E-state index contributed by atoms with van der Waals surface area (Å²) in [5.74, 6) is 0.135. The maximum Gasteiger partial charge on any atom is 0.254 e. The van der Waals surface area contributed by atoms with Gasteiger partial charge >= 0.3 is 0 Å². The number of carbonyl (C=O) groups excluding carboxylic acids is 2. The molecule has 2 aliphatic carbocycles. The van der Waals surface area contributed by atoms with E-state index in [1.807, 2.05) is 31.4 Å². The fourth-order valence-electron chi connectivity index (χ4n) is 5.02. The third-order valence-corrected chi connectivity index (χ3v) is 6.83. The molecule has 0 aliphatic heterocycles. The van der Waals surface area contributed by atoms with Crippen molar-refractivity contribution >= 4 is 23.4 Å². The lowest BCUT2D eigenvalue weighted by atomic mass is 9.61. The number of carbonyl (C=O) groups is 2. The molecule has 2 N–H and O–H groups in total. The average molecular weight is 429 g/mol. The molecule has 7 heteroatoms. The Bertz CT molecular complexity index is 899. The van der Waals surface area contributed by atoms with Crippen molar-refractivity contribution in [2.24, 2.45) is 7.05 Å². The number of aryl methyl sites for hydroxylation is 1. The third kappa shape index (κ3) is 4.24. The molecule has 1 aromatic heterocycles. The van der Waals surface area contributed by atoms with Crippen LogP contribution in [0.3, 0.4) is 0 Å². The lowest BCUT2D eigenvalue weighted by Crippen LogP contribution is -2.57. The molecule has 6 nitrogen and oxygen atoms in total. The van der Waals surface area contributed by atoms with E-state index in [4.69, 9.17) is 11.6 Å². The number of nitrogens with one attached hydrogen (secondary N) is 2. The number of alkyl halides is 1. The van der Waals surface area contributed by atoms with Crippen molar-refractivity contribution in [3.8, 4) is 0 Å². The highest BCUT2D eigenvalue weighted by atomic mass is 35.5. The number of rotatable bonds is 7. The molecular weight excluding hydrogens is 400 g/mol. The molecule has 2 amide bonds. The van der Waals surface area contributed by atoms with Gasteiger partial charge in [-0.05, 0) is 31.2 Å². The number of aromatic nitrogens is 2. The molecule has 0 radical (unpaired) electrons. The fraction of sp³-hybridized carbons (Fsp3) is 0.522. The second-order valence-corrected chi connectivity index (χ2v) is 8.99. The van der Waals surface area contributed by atoms with Gasteiger partial charge in [-0.15, -0.1) is 11.6 Å². The Morgan fingerprint density at radius 3 is 2.57 bits per heavy atom. The summed E-state index contributed by atoms with van der Waals surface area (Å²) in [5.41, 5.74) is 2.65. The Kier molecular flexibility index (Phi) is 6.14. The molecule has 2 fully saturated rings. The van der Waals surface area contributed by atoms with Gasteiger partial charge in [-0.3, -0.25) is 14.3 Å². The quantitative estimate of drug-likeness (QED) is 0.664. The molecule has 30 heavy (non-hydrogen) atoms. The van der Waals surface area contributed by atoms with Crippen molar-refractivity contribution in [1.82, 2.24) is 20.4 Å². The molecule has 2 saturated carbocycles. The van der Waals surface area contributed by atoms with Crippen LogP contribution < -0.4 is 10.6 Å². The van der Waals surface area contributed by atoms with Crippen molar-refractivity contribution < 1.29 is 9.59 Å². The zero-order valence-electron chi connectivity index (χ0n) is 17.4. The topological polar surface area (TPSA) is 76.0 Å². The van der Waals surface area contributed by atoms with Gasteiger partial charge in [0.25, 0.3) is 5.91 Å². The second-order valence-electron chi connectivity index (χ2n) is 8.72. The van der Waals surface area contributed by atoms with Gasteiger partial charge in [-0.1, -0.05) is 43.2 Å². The van der Waals surface area contributed by atoms with E-state index in [9.17, 15) is 9.59 Å². The summed E-state index contributed by atoms with van der Waals surface area (Å²) in [6.45, 7) is 0.523. The van der Waals surface area contributed by atoms with E-state index in [1.165, 1.54) is 18.4 Å². The van der Waals surface area contributed by atoms with Gasteiger partial charge in [0.2, 0.25) is 5.91 Å². The van der Waals surface area contributed by atoms with Gasteiger partial charge in [-0.2, -0.15) is 5.10 Å². The number of benzene rings is 1. The van der Waals surface area contributed by atoms with Gasteiger partial charge in [0.15, 0.2) is 0 Å². The van der Waals surface area contributed by atoms with Crippen LogP contribution in [0, 0.1) is 0 Å². The van der Waals surface area contributed by atoms with E-state index in [2.05, 4.69) is 27.9 Å². The van der Waals surface area contributed by atoms with E-state index in [0.29, 0.717) is 18.0 Å². The van der Waals surface area contributed by atoms with Gasteiger partial charge < -0.3 is 10.6 Å². The van der Waals surface area contributed by atoms with Crippen LogP contribution >= 0.6 is 11.6 Å². The Labute approximate surface area is 182 Å². The van der Waals surface area contributed by atoms with Gasteiger partial charge in [0.05, 0.1) is 11.3 Å². The minimum Gasteiger partial charge on any atom is -0.354 e. The summed E-state index contributed by atoms with van der Waals surface area (Å²) in [5, 5.41) is 10.7. The predicted octanol–water partition coefficient (Wildman–Crippen LogP) is 3.26. The number of hydrogen-bond acceptors (Lipinski definition) is 3. The lowest BCUT2D eigenvalue weighted by Gasteiger charge is -2.48. The molecular formula is C23H29ClN4O2. The fourth-order valence-corrected chi connectivity index (χ4v) is 5.11. The Hall–Kier alpha value is -2.34. The molecule has 0 spiro atoms. The highest BCUT2D eigenvalue weighted by Gasteiger charge is 2.46. The van der Waals surface area contributed by atoms with Crippen LogP contribution in [0.15, 0.2) is 36.5 Å². The van der Waals surface area contributed by atoms with E-state index in [-0.39, 0.29) is 29.2 Å². The SMILES string of the molecule is Cn1cc(C(=O)NC2CC(CNC(=O)CCl)(c3ccccc3)C2)c(C2CCCC2)n1. The van der Waals surface area contributed by atoms with Crippen LogP contribution in [-0.4, -0.2) is 40.1 Å². The molecule has 2 aliphatic rings. The maximum absolute atomic E-state index is 13.0. The molecule has 2 aromatic rings. The van der Waals surface area contributed by atoms with E-state index in [0.717, 1.165) is 31.4 Å². The first-order valence-electron chi connectivity index (χ1n) is 10.7.